The number of nitrogens with one attached hydrogen (secondary N) is 1. The maximum atomic E-state index is 12.2. The van der Waals surface area contributed by atoms with Crippen molar-refractivity contribution in [2.24, 2.45) is 0 Å². The van der Waals surface area contributed by atoms with Gasteiger partial charge >= 0.3 is 0 Å². The Balaban J connectivity index is 1.73. The maximum absolute atomic E-state index is 12.2. The predicted molar refractivity (Wildman–Crippen MR) is 115 cm³/mol. The minimum absolute atomic E-state index is 0.143. The van der Waals surface area contributed by atoms with Gasteiger partial charge in [0.25, 0.3) is 5.91 Å². The van der Waals surface area contributed by atoms with Crippen molar-refractivity contribution in [3.63, 3.8) is 0 Å². The summed E-state index contributed by atoms with van der Waals surface area (Å²) in [6, 6.07) is 13.4. The van der Waals surface area contributed by atoms with Crippen LogP contribution in [0.5, 0.6) is 0 Å². The fraction of sp³-hybridized carbons (Fsp3) is 0.136. The third kappa shape index (κ3) is 4.32. The number of aliphatic hydroxyl groups is 1. The average Bonchev–Trinajstić information content (AvgIpc) is 3.21. The molecule has 0 radical (unpaired) electrons. The molecule has 0 aliphatic rings. The van der Waals surface area contributed by atoms with Crippen molar-refractivity contribution in [1.82, 2.24) is 15.3 Å². The fourth-order valence-corrected chi connectivity index (χ4v) is 3.79. The largest absolute Gasteiger partial charge is 0.454 e. The average molecular weight is 437 g/mol. The minimum Gasteiger partial charge on any atom is -0.454 e. The van der Waals surface area contributed by atoms with Crippen molar-refractivity contribution in [3.05, 3.63) is 66.6 Å². The first-order valence-corrected chi connectivity index (χ1v) is 11.3. The maximum Gasteiger partial charge on any atom is 0.269 e. The molecule has 4 rings (SSSR count). The van der Waals surface area contributed by atoms with Crippen molar-refractivity contribution < 1.29 is 22.7 Å². The van der Waals surface area contributed by atoms with E-state index in [4.69, 9.17) is 9.52 Å². The lowest BCUT2D eigenvalue weighted by atomic mass is 10.1. The highest BCUT2D eigenvalue weighted by Crippen LogP contribution is 2.34. The van der Waals surface area contributed by atoms with Crippen LogP contribution in [0, 0.1) is 0 Å². The molecule has 0 spiro atoms. The Kier molecular flexibility index (Phi) is 5.53. The van der Waals surface area contributed by atoms with Gasteiger partial charge in [0.05, 0.1) is 11.5 Å². The molecule has 0 aliphatic carbocycles. The molecular weight excluding hydrogens is 418 g/mol. The molecule has 0 unspecified atom stereocenters. The van der Waals surface area contributed by atoms with Gasteiger partial charge < -0.3 is 14.8 Å². The van der Waals surface area contributed by atoms with Gasteiger partial charge in [-0.3, -0.25) is 14.8 Å². The topological polar surface area (TPSA) is 122 Å². The monoisotopic (exact) mass is 437 g/mol. The van der Waals surface area contributed by atoms with Gasteiger partial charge in [0.15, 0.2) is 15.4 Å². The van der Waals surface area contributed by atoms with Crippen LogP contribution in [-0.2, 0) is 9.84 Å². The second kappa shape index (κ2) is 8.29. The van der Waals surface area contributed by atoms with Gasteiger partial charge in [-0.2, -0.15) is 0 Å². The molecule has 3 heterocycles. The van der Waals surface area contributed by atoms with Crippen molar-refractivity contribution >= 4 is 26.8 Å². The normalized spacial score (nSPS) is 11.5. The summed E-state index contributed by atoms with van der Waals surface area (Å²) >= 11 is 0. The molecule has 0 fully saturated rings. The molecule has 0 atom stereocenters. The summed E-state index contributed by atoms with van der Waals surface area (Å²) in [4.78, 5) is 20.9. The highest BCUT2D eigenvalue weighted by Gasteiger charge is 2.15. The number of carbonyl (C=O) groups is 1. The van der Waals surface area contributed by atoms with Gasteiger partial charge in [0.1, 0.15) is 17.0 Å². The number of rotatable bonds is 6. The van der Waals surface area contributed by atoms with E-state index in [-0.39, 0.29) is 29.6 Å². The lowest BCUT2D eigenvalue weighted by Crippen LogP contribution is -2.27. The number of benzene rings is 1. The smallest absolute Gasteiger partial charge is 0.269 e. The first-order chi connectivity index (χ1) is 14.9. The summed E-state index contributed by atoms with van der Waals surface area (Å²) in [5.74, 6) is 0.164. The first-order valence-electron chi connectivity index (χ1n) is 9.41. The van der Waals surface area contributed by atoms with Crippen LogP contribution in [0.1, 0.15) is 10.5 Å². The van der Waals surface area contributed by atoms with E-state index < -0.39 is 9.84 Å². The fourth-order valence-electron chi connectivity index (χ4n) is 3.16. The molecule has 1 amide bonds. The number of nitrogens with zero attached hydrogens (tertiary/aromatic N) is 2. The second-order valence-corrected chi connectivity index (χ2v) is 8.91. The molecule has 158 valence electrons. The number of carbonyl (C=O) groups excluding carboxylic acids is 1. The Morgan fingerprint density at radius 1 is 1.03 bits per heavy atom. The minimum atomic E-state index is -3.28. The number of amides is 1. The van der Waals surface area contributed by atoms with E-state index >= 15 is 0 Å². The highest BCUT2D eigenvalue weighted by molar-refractivity contribution is 7.90. The zero-order valence-corrected chi connectivity index (χ0v) is 17.4. The van der Waals surface area contributed by atoms with E-state index in [1.807, 2.05) is 0 Å². The molecule has 1 aromatic carbocycles. The number of furan rings is 1. The number of fused-ring (bicyclic) bond motifs is 1. The van der Waals surface area contributed by atoms with Gasteiger partial charge in [-0.05, 0) is 48.0 Å². The second-order valence-electron chi connectivity index (χ2n) is 6.89. The Hall–Kier alpha value is -3.56. The Morgan fingerprint density at radius 2 is 1.77 bits per heavy atom. The van der Waals surface area contributed by atoms with Gasteiger partial charge in [-0.25, -0.2) is 8.42 Å². The molecule has 31 heavy (non-hydrogen) atoms. The third-order valence-electron chi connectivity index (χ3n) is 4.68. The van der Waals surface area contributed by atoms with Gasteiger partial charge in [-0.1, -0.05) is 0 Å². The zero-order chi connectivity index (χ0) is 22.0. The SMILES string of the molecule is CS(=O)(=O)c1ccc(-c2cc3nccc(-c4ccnc(C(=O)NCCO)c4)c3o2)cc1. The Morgan fingerprint density at radius 3 is 2.48 bits per heavy atom. The standard InChI is InChI=1S/C22H19N3O5S/c1-31(28,29)16-4-2-14(3-5-16)20-13-18-21(30-20)17(7-9-23-18)15-6-8-24-19(12-15)22(27)25-10-11-26/h2-9,12-13,26H,10-11H2,1H3,(H,25,27). The van der Waals surface area contributed by atoms with E-state index in [2.05, 4.69) is 15.3 Å². The Labute approximate surface area is 178 Å². The van der Waals surface area contributed by atoms with Crippen LogP contribution in [0.3, 0.4) is 0 Å². The molecule has 0 saturated carbocycles. The van der Waals surface area contributed by atoms with E-state index in [9.17, 15) is 13.2 Å². The number of aliphatic hydroxyl groups excluding tert-OH is 1. The van der Waals surface area contributed by atoms with E-state index in [0.29, 0.717) is 16.9 Å². The van der Waals surface area contributed by atoms with Crippen molar-refractivity contribution in [2.75, 3.05) is 19.4 Å². The van der Waals surface area contributed by atoms with Crippen LogP contribution in [0.4, 0.5) is 0 Å². The van der Waals surface area contributed by atoms with E-state index in [1.54, 1.807) is 42.6 Å². The number of aromatic nitrogens is 2. The van der Waals surface area contributed by atoms with Gasteiger partial charge in [-0.15, -0.1) is 0 Å². The summed E-state index contributed by atoms with van der Waals surface area (Å²) in [7, 11) is -3.28. The molecule has 9 heteroatoms. The number of pyridine rings is 2. The molecule has 3 aromatic heterocycles. The van der Waals surface area contributed by atoms with Crippen LogP contribution < -0.4 is 5.32 Å². The quantitative estimate of drug-likeness (QED) is 0.475. The van der Waals surface area contributed by atoms with Crippen molar-refractivity contribution in [3.8, 4) is 22.5 Å². The number of hydrogen-bond donors (Lipinski definition) is 2. The summed E-state index contributed by atoms with van der Waals surface area (Å²) < 4.78 is 29.4. The van der Waals surface area contributed by atoms with Gasteiger partial charge in [0.2, 0.25) is 0 Å². The van der Waals surface area contributed by atoms with Crippen LogP contribution in [-0.4, -0.2) is 48.8 Å². The van der Waals surface area contributed by atoms with Gasteiger partial charge in [0, 0.05) is 42.4 Å². The molecule has 2 N–H and O–H groups in total. The number of sulfone groups is 1. The van der Waals surface area contributed by atoms with Crippen LogP contribution >= 0.6 is 0 Å². The summed E-state index contributed by atoms with van der Waals surface area (Å²) in [6.45, 7) is -0.0132. The molecule has 0 bridgehead atoms. The summed E-state index contributed by atoms with van der Waals surface area (Å²) in [6.07, 6.45) is 4.34. The molecule has 4 aromatic rings. The summed E-state index contributed by atoms with van der Waals surface area (Å²) in [5, 5.41) is 11.5. The van der Waals surface area contributed by atoms with E-state index in [0.717, 1.165) is 22.9 Å². The van der Waals surface area contributed by atoms with Crippen molar-refractivity contribution in [2.45, 2.75) is 4.90 Å². The van der Waals surface area contributed by atoms with Crippen LogP contribution in [0.15, 0.2) is 70.2 Å². The van der Waals surface area contributed by atoms with Crippen LogP contribution in [0.2, 0.25) is 0 Å². The molecular formula is C22H19N3O5S. The zero-order valence-electron chi connectivity index (χ0n) is 16.6. The van der Waals surface area contributed by atoms with Crippen molar-refractivity contribution in [1.29, 1.82) is 0 Å². The summed E-state index contributed by atoms with van der Waals surface area (Å²) in [5.41, 5.74) is 3.57. The van der Waals surface area contributed by atoms with E-state index in [1.165, 1.54) is 18.3 Å². The molecule has 8 nitrogen and oxygen atoms in total. The first kappa shape index (κ1) is 20.7. The third-order valence-corrected chi connectivity index (χ3v) is 5.81. The lowest BCUT2D eigenvalue weighted by molar-refractivity contribution is 0.0940. The highest BCUT2D eigenvalue weighted by atomic mass is 32.2. The Bertz CT molecular complexity index is 1360. The molecule has 0 saturated heterocycles. The lowest BCUT2D eigenvalue weighted by Gasteiger charge is -2.06. The molecule has 0 aliphatic heterocycles. The predicted octanol–water partition coefficient (Wildman–Crippen LogP) is 2.68. The number of hydrogen-bond acceptors (Lipinski definition) is 7. The van der Waals surface area contributed by atoms with Crippen LogP contribution in [0.25, 0.3) is 33.6 Å².